The Kier molecular flexibility index (Phi) is 5.78. The number of hydrogen-bond donors (Lipinski definition) is 1. The number of likely N-dealkylation sites (tertiary alicyclic amines) is 1. The van der Waals surface area contributed by atoms with E-state index in [0.717, 1.165) is 19.4 Å². The molecule has 138 valence electrons. The summed E-state index contributed by atoms with van der Waals surface area (Å²) >= 11 is 0. The zero-order chi connectivity index (χ0) is 18.5. The molecule has 1 amide bonds. The Morgan fingerprint density at radius 3 is 2.77 bits per heavy atom. The number of aromatic nitrogens is 3. The topological polar surface area (TPSA) is 71.2 Å². The van der Waals surface area contributed by atoms with Gasteiger partial charge >= 0.3 is 0 Å². The van der Waals surface area contributed by atoms with Gasteiger partial charge < -0.3 is 10.0 Å². The Bertz CT molecular complexity index is 779. The lowest BCUT2D eigenvalue weighted by molar-refractivity contribution is -0.127. The third-order valence-corrected chi connectivity index (χ3v) is 4.67. The largest absolute Gasteiger partial charge is 0.387 e. The maximum absolute atomic E-state index is 13.6. The minimum atomic E-state index is -0.621. The Hall–Kier alpha value is -2.54. The summed E-state index contributed by atoms with van der Waals surface area (Å²) in [5.74, 6) is -0.0124. The quantitative estimate of drug-likeness (QED) is 0.834. The van der Waals surface area contributed by atoms with Gasteiger partial charge in [-0.2, -0.15) is 0 Å². The van der Waals surface area contributed by atoms with E-state index >= 15 is 0 Å². The molecule has 3 rings (SSSR count). The van der Waals surface area contributed by atoms with Gasteiger partial charge in [-0.05, 0) is 37.8 Å². The zero-order valence-electron chi connectivity index (χ0n) is 14.8. The number of halogens is 1. The maximum atomic E-state index is 13.6. The Labute approximate surface area is 151 Å². The molecule has 0 spiro atoms. The van der Waals surface area contributed by atoms with E-state index < -0.39 is 6.10 Å². The predicted molar refractivity (Wildman–Crippen MR) is 95.4 cm³/mol. The van der Waals surface area contributed by atoms with Gasteiger partial charge in [0.25, 0.3) is 0 Å². The molecule has 0 radical (unpaired) electrons. The summed E-state index contributed by atoms with van der Waals surface area (Å²) in [7, 11) is 0. The van der Waals surface area contributed by atoms with Gasteiger partial charge in [0.05, 0.1) is 12.3 Å². The van der Waals surface area contributed by atoms with Crippen molar-refractivity contribution >= 4 is 12.0 Å². The normalized spacial score (nSPS) is 17.0. The molecule has 26 heavy (non-hydrogen) atoms. The number of aliphatic hydroxyl groups excluding tert-OH is 1. The van der Waals surface area contributed by atoms with E-state index in [0.29, 0.717) is 30.3 Å². The lowest BCUT2D eigenvalue weighted by Crippen LogP contribution is -2.38. The molecular formula is C19H23FN4O2. The van der Waals surface area contributed by atoms with Crippen LogP contribution in [0, 0.1) is 11.7 Å². The van der Waals surface area contributed by atoms with Gasteiger partial charge in [0.1, 0.15) is 11.5 Å². The molecule has 1 atom stereocenters. The van der Waals surface area contributed by atoms with Crippen LogP contribution in [0.3, 0.4) is 0 Å². The molecule has 0 aliphatic carbocycles. The molecule has 0 bridgehead atoms. The van der Waals surface area contributed by atoms with Crippen molar-refractivity contribution in [1.29, 1.82) is 0 Å². The molecule has 1 aliphatic heterocycles. The number of hydrogen-bond acceptors (Lipinski definition) is 4. The summed E-state index contributed by atoms with van der Waals surface area (Å²) < 4.78 is 15.3. The summed E-state index contributed by atoms with van der Waals surface area (Å²) in [6.07, 6.45) is 5.86. The van der Waals surface area contributed by atoms with Gasteiger partial charge in [0.2, 0.25) is 5.91 Å². The number of carbonyl (C=O) groups excluding carboxylic acids is 1. The second-order valence-corrected chi connectivity index (χ2v) is 6.66. The molecule has 1 aliphatic rings. The number of benzene rings is 1. The third kappa shape index (κ3) is 4.54. The standard InChI is InChI=1S/C19H23FN4O2/c1-14(25)18-13-24(22-21-18)12-15-8-10-23(11-9-15)19(26)7-6-16-4-2-3-5-17(16)20/h2-7,13-15,25H,8-12H2,1H3. The average Bonchev–Trinajstić information content (AvgIpc) is 3.10. The van der Waals surface area contributed by atoms with Crippen LogP contribution in [0.15, 0.2) is 36.5 Å². The molecular weight excluding hydrogens is 335 g/mol. The van der Waals surface area contributed by atoms with Crippen LogP contribution in [-0.2, 0) is 11.3 Å². The predicted octanol–water partition coefficient (Wildman–Crippen LogP) is 2.42. The molecule has 2 heterocycles. The fraction of sp³-hybridized carbons (Fsp3) is 0.421. The second kappa shape index (κ2) is 8.23. The highest BCUT2D eigenvalue weighted by atomic mass is 19.1. The fourth-order valence-electron chi connectivity index (χ4n) is 3.07. The van der Waals surface area contributed by atoms with E-state index in [2.05, 4.69) is 10.3 Å². The van der Waals surface area contributed by atoms with Crippen molar-refractivity contribution in [3.63, 3.8) is 0 Å². The van der Waals surface area contributed by atoms with Crippen LogP contribution in [0.25, 0.3) is 6.08 Å². The monoisotopic (exact) mass is 358 g/mol. The number of nitrogens with zero attached hydrogens (tertiary/aromatic N) is 4. The first-order chi connectivity index (χ1) is 12.5. The first-order valence-corrected chi connectivity index (χ1v) is 8.82. The van der Waals surface area contributed by atoms with Crippen LogP contribution in [0.2, 0.25) is 0 Å². The molecule has 0 saturated carbocycles. The molecule has 1 aromatic heterocycles. The number of amides is 1. The van der Waals surface area contributed by atoms with Crippen molar-refractivity contribution in [1.82, 2.24) is 19.9 Å². The molecule has 6 nitrogen and oxygen atoms in total. The van der Waals surface area contributed by atoms with Crippen molar-refractivity contribution < 1.29 is 14.3 Å². The van der Waals surface area contributed by atoms with E-state index in [1.807, 2.05) is 0 Å². The smallest absolute Gasteiger partial charge is 0.246 e. The van der Waals surface area contributed by atoms with Gasteiger partial charge in [0, 0.05) is 31.3 Å². The molecule has 1 N–H and O–H groups in total. The van der Waals surface area contributed by atoms with Crippen LogP contribution in [-0.4, -0.2) is 44.0 Å². The molecule has 2 aromatic rings. The highest BCUT2D eigenvalue weighted by Gasteiger charge is 2.22. The van der Waals surface area contributed by atoms with Gasteiger partial charge in [0.15, 0.2) is 0 Å². The third-order valence-electron chi connectivity index (χ3n) is 4.67. The molecule has 1 fully saturated rings. The van der Waals surface area contributed by atoms with Crippen LogP contribution in [0.4, 0.5) is 4.39 Å². The highest BCUT2D eigenvalue weighted by molar-refractivity contribution is 5.91. The first kappa shape index (κ1) is 18.3. The molecule has 1 aromatic carbocycles. The molecule has 1 saturated heterocycles. The van der Waals surface area contributed by atoms with Crippen LogP contribution in [0.5, 0.6) is 0 Å². The van der Waals surface area contributed by atoms with Gasteiger partial charge in [-0.3, -0.25) is 9.48 Å². The number of piperidine rings is 1. The van der Waals surface area contributed by atoms with E-state index in [4.69, 9.17) is 0 Å². The van der Waals surface area contributed by atoms with E-state index in [9.17, 15) is 14.3 Å². The minimum Gasteiger partial charge on any atom is -0.387 e. The van der Waals surface area contributed by atoms with E-state index in [1.54, 1.807) is 40.9 Å². The van der Waals surface area contributed by atoms with Crippen LogP contribution < -0.4 is 0 Å². The Balaban J connectivity index is 1.50. The van der Waals surface area contributed by atoms with E-state index in [-0.39, 0.29) is 11.7 Å². The Morgan fingerprint density at radius 1 is 1.38 bits per heavy atom. The summed E-state index contributed by atoms with van der Waals surface area (Å²) in [4.78, 5) is 14.1. The average molecular weight is 358 g/mol. The van der Waals surface area contributed by atoms with Crippen molar-refractivity contribution in [3.05, 3.63) is 53.6 Å². The summed E-state index contributed by atoms with van der Waals surface area (Å²) in [6, 6.07) is 6.39. The van der Waals surface area contributed by atoms with Crippen molar-refractivity contribution in [2.45, 2.75) is 32.4 Å². The Morgan fingerprint density at radius 2 is 2.12 bits per heavy atom. The fourth-order valence-corrected chi connectivity index (χ4v) is 3.07. The summed E-state index contributed by atoms with van der Waals surface area (Å²) in [6.45, 7) is 3.73. The first-order valence-electron chi connectivity index (χ1n) is 8.82. The number of aliphatic hydroxyl groups is 1. The van der Waals surface area contributed by atoms with Crippen LogP contribution >= 0.6 is 0 Å². The van der Waals surface area contributed by atoms with Crippen molar-refractivity contribution in [2.75, 3.05) is 13.1 Å². The zero-order valence-corrected chi connectivity index (χ0v) is 14.8. The highest BCUT2D eigenvalue weighted by Crippen LogP contribution is 2.20. The lowest BCUT2D eigenvalue weighted by Gasteiger charge is -2.31. The van der Waals surface area contributed by atoms with Gasteiger partial charge in [-0.1, -0.05) is 23.4 Å². The molecule has 7 heteroatoms. The van der Waals surface area contributed by atoms with Crippen molar-refractivity contribution in [2.24, 2.45) is 5.92 Å². The lowest BCUT2D eigenvalue weighted by atomic mass is 9.97. The van der Waals surface area contributed by atoms with E-state index in [1.165, 1.54) is 18.2 Å². The molecule has 1 unspecified atom stereocenters. The van der Waals surface area contributed by atoms with Gasteiger partial charge in [-0.15, -0.1) is 5.10 Å². The summed E-state index contributed by atoms with van der Waals surface area (Å²) in [5.41, 5.74) is 0.978. The SMILES string of the molecule is CC(O)c1cn(CC2CCN(C(=O)C=Cc3ccccc3F)CC2)nn1. The number of carbonyl (C=O) groups is 1. The maximum Gasteiger partial charge on any atom is 0.246 e. The summed E-state index contributed by atoms with van der Waals surface area (Å²) in [5, 5.41) is 17.5. The van der Waals surface area contributed by atoms with Crippen LogP contribution in [0.1, 0.15) is 37.1 Å². The second-order valence-electron chi connectivity index (χ2n) is 6.66. The number of rotatable bonds is 5. The minimum absolute atomic E-state index is 0.0937. The van der Waals surface area contributed by atoms with Gasteiger partial charge in [-0.25, -0.2) is 4.39 Å². The van der Waals surface area contributed by atoms with Crippen molar-refractivity contribution in [3.8, 4) is 0 Å².